The van der Waals surface area contributed by atoms with Crippen LogP contribution >= 0.6 is 24.0 Å². The molecule has 1 fully saturated rings. The van der Waals surface area contributed by atoms with E-state index >= 15 is 0 Å². The van der Waals surface area contributed by atoms with Crippen LogP contribution in [0.25, 0.3) is 0 Å². The van der Waals surface area contributed by atoms with Gasteiger partial charge in [0.05, 0.1) is 25.8 Å². The minimum absolute atomic E-state index is 0. The fourth-order valence-electron chi connectivity index (χ4n) is 3.37. The smallest absolute Gasteiger partial charge is 0.194 e. The van der Waals surface area contributed by atoms with E-state index in [-0.39, 0.29) is 30.1 Å². The minimum Gasteiger partial charge on any atom is -0.375 e. The second-order valence-electron chi connectivity index (χ2n) is 7.29. The minimum atomic E-state index is 0. The molecule has 3 heterocycles. The van der Waals surface area contributed by atoms with Gasteiger partial charge in [0, 0.05) is 51.8 Å². The van der Waals surface area contributed by atoms with Crippen LogP contribution in [0.4, 0.5) is 5.82 Å². The van der Waals surface area contributed by atoms with Gasteiger partial charge in [0.15, 0.2) is 5.96 Å². The Balaban J connectivity index is 0.00000300. The van der Waals surface area contributed by atoms with Gasteiger partial charge in [0.2, 0.25) is 0 Å². The number of nitrogens with one attached hydrogen (secondary N) is 1. The average Bonchev–Trinajstić information content (AvgIpc) is 3.10. The second-order valence-corrected chi connectivity index (χ2v) is 7.29. The standard InChI is InChI=1S/C21H32N6O.HI/c1-5-22-21(26(4)16-19-7-6-10-25(19)3)24-14-18-8-9-23-20(13-18)27-11-12-28-17(2)15-27;/h6-10,13,17H,5,11-12,14-16H2,1-4H3,(H,22,24);1H. The van der Waals surface area contributed by atoms with Crippen molar-refractivity contribution in [3.63, 3.8) is 0 Å². The summed E-state index contributed by atoms with van der Waals surface area (Å²) < 4.78 is 7.77. The van der Waals surface area contributed by atoms with Gasteiger partial charge in [0.25, 0.3) is 0 Å². The van der Waals surface area contributed by atoms with E-state index in [9.17, 15) is 0 Å². The SMILES string of the molecule is CCNC(=NCc1ccnc(N2CCOC(C)C2)c1)N(C)Cc1cccn1C.I. The Kier molecular flexibility index (Phi) is 9.22. The van der Waals surface area contributed by atoms with Gasteiger partial charge >= 0.3 is 0 Å². The first-order valence-corrected chi connectivity index (χ1v) is 9.98. The molecule has 8 heteroatoms. The Bertz CT molecular complexity index is 793. The maximum atomic E-state index is 5.64. The van der Waals surface area contributed by atoms with Crippen molar-refractivity contribution in [2.75, 3.05) is 38.2 Å². The number of halogens is 1. The third kappa shape index (κ3) is 6.60. The number of guanidine groups is 1. The van der Waals surface area contributed by atoms with Gasteiger partial charge in [-0.2, -0.15) is 0 Å². The first-order valence-electron chi connectivity index (χ1n) is 9.98. The Morgan fingerprint density at radius 3 is 2.93 bits per heavy atom. The van der Waals surface area contributed by atoms with E-state index in [1.165, 1.54) is 5.69 Å². The molecule has 29 heavy (non-hydrogen) atoms. The van der Waals surface area contributed by atoms with Gasteiger partial charge in [-0.15, -0.1) is 24.0 Å². The number of aryl methyl sites for hydroxylation is 1. The van der Waals surface area contributed by atoms with Crippen LogP contribution in [-0.4, -0.2) is 59.8 Å². The predicted molar refractivity (Wildman–Crippen MR) is 129 cm³/mol. The van der Waals surface area contributed by atoms with Crippen molar-refractivity contribution in [3.05, 3.63) is 47.9 Å². The van der Waals surface area contributed by atoms with E-state index in [1.54, 1.807) is 0 Å². The molecule has 3 rings (SSSR count). The topological polar surface area (TPSA) is 57.9 Å². The third-order valence-corrected chi connectivity index (χ3v) is 4.93. The molecule has 1 atom stereocenters. The molecular formula is C21H33IN6O. The summed E-state index contributed by atoms with van der Waals surface area (Å²) in [5.41, 5.74) is 2.41. The third-order valence-electron chi connectivity index (χ3n) is 4.93. The number of morpholine rings is 1. The highest BCUT2D eigenvalue weighted by Crippen LogP contribution is 2.17. The van der Waals surface area contributed by atoms with E-state index in [0.717, 1.165) is 50.1 Å². The van der Waals surface area contributed by atoms with Gasteiger partial charge in [-0.1, -0.05) is 0 Å². The number of ether oxygens (including phenoxy) is 1. The number of hydrogen-bond donors (Lipinski definition) is 1. The summed E-state index contributed by atoms with van der Waals surface area (Å²) >= 11 is 0. The first-order chi connectivity index (χ1) is 13.6. The summed E-state index contributed by atoms with van der Waals surface area (Å²) in [5.74, 6) is 1.91. The number of hydrogen-bond acceptors (Lipinski definition) is 4. The number of pyridine rings is 1. The molecule has 1 saturated heterocycles. The van der Waals surface area contributed by atoms with E-state index in [0.29, 0.717) is 6.54 Å². The average molecular weight is 512 g/mol. The fraction of sp³-hybridized carbons (Fsp3) is 0.524. The predicted octanol–water partition coefficient (Wildman–Crippen LogP) is 2.86. The second kappa shape index (κ2) is 11.4. The fourth-order valence-corrected chi connectivity index (χ4v) is 3.37. The monoisotopic (exact) mass is 512 g/mol. The van der Waals surface area contributed by atoms with Crippen molar-refractivity contribution in [1.82, 2.24) is 19.8 Å². The largest absolute Gasteiger partial charge is 0.375 e. The molecule has 0 aliphatic carbocycles. The van der Waals surface area contributed by atoms with E-state index in [1.807, 2.05) is 12.3 Å². The summed E-state index contributed by atoms with van der Waals surface area (Å²) in [5, 5.41) is 3.39. The number of aliphatic imine (C=N–C) groups is 1. The lowest BCUT2D eigenvalue weighted by Gasteiger charge is -2.32. The normalized spacial score (nSPS) is 17.0. The maximum absolute atomic E-state index is 5.64. The van der Waals surface area contributed by atoms with Gasteiger partial charge in [-0.25, -0.2) is 9.98 Å². The molecule has 2 aromatic heterocycles. The Labute approximate surface area is 191 Å². The van der Waals surface area contributed by atoms with E-state index in [2.05, 4.69) is 77.0 Å². The zero-order chi connectivity index (χ0) is 19.9. The number of nitrogens with zero attached hydrogens (tertiary/aromatic N) is 5. The van der Waals surface area contributed by atoms with Crippen LogP contribution in [0.15, 0.2) is 41.7 Å². The Morgan fingerprint density at radius 2 is 2.24 bits per heavy atom. The summed E-state index contributed by atoms with van der Waals surface area (Å²) in [6.45, 7) is 8.97. The van der Waals surface area contributed by atoms with E-state index < -0.39 is 0 Å². The summed E-state index contributed by atoms with van der Waals surface area (Å²) in [6, 6.07) is 8.39. The lowest BCUT2D eigenvalue weighted by molar-refractivity contribution is 0.0529. The molecule has 1 N–H and O–H groups in total. The first kappa shape index (κ1) is 23.5. The molecule has 160 valence electrons. The van der Waals surface area contributed by atoms with Crippen molar-refractivity contribution in [3.8, 4) is 0 Å². The highest BCUT2D eigenvalue weighted by Gasteiger charge is 2.18. The van der Waals surface area contributed by atoms with Gasteiger partial charge in [-0.3, -0.25) is 0 Å². The zero-order valence-corrected chi connectivity index (χ0v) is 20.2. The van der Waals surface area contributed by atoms with Crippen LogP contribution in [0.5, 0.6) is 0 Å². The van der Waals surface area contributed by atoms with Crippen molar-refractivity contribution in [2.45, 2.75) is 33.0 Å². The molecule has 1 unspecified atom stereocenters. The quantitative estimate of drug-likeness (QED) is 0.367. The molecule has 0 amide bonds. The van der Waals surface area contributed by atoms with Crippen LogP contribution < -0.4 is 10.2 Å². The summed E-state index contributed by atoms with van der Waals surface area (Å²) in [7, 11) is 4.14. The lowest BCUT2D eigenvalue weighted by Crippen LogP contribution is -2.41. The van der Waals surface area contributed by atoms with Crippen molar-refractivity contribution in [1.29, 1.82) is 0 Å². The van der Waals surface area contributed by atoms with Gasteiger partial charge in [-0.05, 0) is 43.7 Å². The lowest BCUT2D eigenvalue weighted by atomic mass is 10.2. The Morgan fingerprint density at radius 1 is 1.41 bits per heavy atom. The van der Waals surface area contributed by atoms with Crippen LogP contribution in [0.3, 0.4) is 0 Å². The van der Waals surface area contributed by atoms with Gasteiger partial charge in [0.1, 0.15) is 5.82 Å². The number of anilines is 1. The van der Waals surface area contributed by atoms with Crippen LogP contribution in [0, 0.1) is 0 Å². The van der Waals surface area contributed by atoms with Gasteiger partial charge < -0.3 is 24.4 Å². The summed E-state index contributed by atoms with van der Waals surface area (Å²) in [6.07, 6.45) is 4.18. The highest BCUT2D eigenvalue weighted by atomic mass is 127. The van der Waals surface area contributed by atoms with Crippen LogP contribution in [-0.2, 0) is 24.9 Å². The zero-order valence-electron chi connectivity index (χ0n) is 17.8. The molecule has 0 saturated carbocycles. The molecular weight excluding hydrogens is 479 g/mol. The highest BCUT2D eigenvalue weighted by molar-refractivity contribution is 14.0. The van der Waals surface area contributed by atoms with Crippen LogP contribution in [0.2, 0.25) is 0 Å². The van der Waals surface area contributed by atoms with Crippen LogP contribution in [0.1, 0.15) is 25.1 Å². The van der Waals surface area contributed by atoms with Crippen molar-refractivity contribution >= 4 is 35.8 Å². The number of rotatable bonds is 6. The van der Waals surface area contributed by atoms with Crippen molar-refractivity contribution < 1.29 is 4.74 Å². The molecule has 0 spiro atoms. The molecule has 1 aliphatic heterocycles. The Hall–Kier alpha value is -1.81. The molecule has 2 aromatic rings. The number of aromatic nitrogens is 2. The molecule has 1 aliphatic rings. The summed E-state index contributed by atoms with van der Waals surface area (Å²) in [4.78, 5) is 13.8. The molecule has 7 nitrogen and oxygen atoms in total. The molecule has 0 radical (unpaired) electrons. The maximum Gasteiger partial charge on any atom is 0.194 e. The molecule has 0 aromatic carbocycles. The molecule has 0 bridgehead atoms. The van der Waals surface area contributed by atoms with Crippen molar-refractivity contribution in [2.24, 2.45) is 12.0 Å². The van der Waals surface area contributed by atoms with E-state index in [4.69, 9.17) is 9.73 Å².